The maximum atomic E-state index is 10.8. The number of nitrogens with two attached hydrogens (primary N) is 1. The number of benzene rings is 1. The van der Waals surface area contributed by atoms with Gasteiger partial charge in [-0.05, 0) is 30.7 Å². The van der Waals surface area contributed by atoms with E-state index in [1.165, 1.54) is 6.92 Å². The van der Waals surface area contributed by atoms with Crippen LogP contribution >= 0.6 is 0 Å². The Balaban J connectivity index is 2.67. The maximum absolute atomic E-state index is 10.8. The zero-order chi connectivity index (χ0) is 11.3. The fourth-order valence-electron chi connectivity index (χ4n) is 1.32. The van der Waals surface area contributed by atoms with Crippen LogP contribution in [0.4, 0.5) is 5.69 Å². The van der Waals surface area contributed by atoms with Crippen molar-refractivity contribution in [3.63, 3.8) is 0 Å². The van der Waals surface area contributed by atoms with Crippen molar-refractivity contribution >= 4 is 11.6 Å². The molecule has 0 saturated heterocycles. The van der Waals surface area contributed by atoms with Gasteiger partial charge in [-0.3, -0.25) is 4.79 Å². The van der Waals surface area contributed by atoms with Crippen LogP contribution in [0.3, 0.4) is 0 Å². The topological polar surface area (TPSA) is 75.3 Å². The summed E-state index contributed by atoms with van der Waals surface area (Å²) in [6, 6.07) is 7.09. The number of hydrogen-bond acceptors (Lipinski definition) is 3. The van der Waals surface area contributed by atoms with Gasteiger partial charge in [0.05, 0.1) is 6.10 Å². The molecule has 0 saturated carbocycles. The molecule has 82 valence electrons. The maximum Gasteiger partial charge on any atom is 0.221 e. The quantitative estimate of drug-likeness (QED) is 0.691. The van der Waals surface area contributed by atoms with Gasteiger partial charge < -0.3 is 16.2 Å². The highest BCUT2D eigenvalue weighted by Crippen LogP contribution is 2.18. The van der Waals surface area contributed by atoms with Gasteiger partial charge in [-0.1, -0.05) is 12.1 Å². The lowest BCUT2D eigenvalue weighted by molar-refractivity contribution is -0.114. The van der Waals surface area contributed by atoms with Gasteiger partial charge in [0, 0.05) is 12.6 Å². The summed E-state index contributed by atoms with van der Waals surface area (Å²) in [5.41, 5.74) is 6.89. The summed E-state index contributed by atoms with van der Waals surface area (Å²) in [7, 11) is 0. The smallest absolute Gasteiger partial charge is 0.221 e. The molecule has 0 aliphatic carbocycles. The number of aliphatic hydroxyl groups is 1. The third-order valence-electron chi connectivity index (χ3n) is 2.06. The highest BCUT2D eigenvalue weighted by atomic mass is 16.3. The van der Waals surface area contributed by atoms with Crippen LogP contribution in [0.2, 0.25) is 0 Å². The first kappa shape index (κ1) is 11.7. The molecular formula is C11H16N2O2. The van der Waals surface area contributed by atoms with Crippen molar-refractivity contribution < 1.29 is 9.90 Å². The van der Waals surface area contributed by atoms with E-state index in [-0.39, 0.29) is 5.91 Å². The molecule has 1 amide bonds. The molecule has 4 heteroatoms. The van der Waals surface area contributed by atoms with Crippen molar-refractivity contribution in [2.24, 2.45) is 5.73 Å². The summed E-state index contributed by atoms with van der Waals surface area (Å²) < 4.78 is 0. The van der Waals surface area contributed by atoms with Crippen LogP contribution in [0, 0.1) is 0 Å². The van der Waals surface area contributed by atoms with Gasteiger partial charge in [0.1, 0.15) is 0 Å². The SMILES string of the molecule is CC(=O)Nc1ccc(C(O)CCN)cc1. The van der Waals surface area contributed by atoms with Gasteiger partial charge in [-0.2, -0.15) is 0 Å². The molecule has 15 heavy (non-hydrogen) atoms. The number of amides is 1. The van der Waals surface area contributed by atoms with E-state index in [1.807, 2.05) is 0 Å². The van der Waals surface area contributed by atoms with Gasteiger partial charge >= 0.3 is 0 Å². The van der Waals surface area contributed by atoms with Crippen molar-refractivity contribution in [1.82, 2.24) is 0 Å². The summed E-state index contributed by atoms with van der Waals surface area (Å²) in [6.45, 7) is 1.91. The Bertz CT molecular complexity index is 322. The highest BCUT2D eigenvalue weighted by molar-refractivity contribution is 5.88. The minimum absolute atomic E-state index is 0.106. The molecule has 1 rings (SSSR count). The minimum atomic E-state index is -0.527. The number of rotatable bonds is 4. The van der Waals surface area contributed by atoms with E-state index in [9.17, 15) is 9.90 Å². The van der Waals surface area contributed by atoms with E-state index in [0.29, 0.717) is 13.0 Å². The summed E-state index contributed by atoms with van der Waals surface area (Å²) in [6.07, 6.45) is 0.0147. The van der Waals surface area contributed by atoms with Gasteiger partial charge in [0.25, 0.3) is 0 Å². The molecule has 4 N–H and O–H groups in total. The first-order chi connectivity index (χ1) is 7.13. The van der Waals surface area contributed by atoms with Crippen LogP contribution < -0.4 is 11.1 Å². The number of carbonyl (C=O) groups is 1. The van der Waals surface area contributed by atoms with Gasteiger partial charge in [0.2, 0.25) is 5.91 Å². The van der Waals surface area contributed by atoms with Crippen molar-refractivity contribution in [1.29, 1.82) is 0 Å². The molecule has 0 aliphatic heterocycles. The normalized spacial score (nSPS) is 12.2. The van der Waals surface area contributed by atoms with Gasteiger partial charge in [0.15, 0.2) is 0 Å². The molecule has 1 unspecified atom stereocenters. The second-order valence-electron chi connectivity index (χ2n) is 3.40. The van der Waals surface area contributed by atoms with E-state index in [0.717, 1.165) is 11.3 Å². The lowest BCUT2D eigenvalue weighted by Gasteiger charge is -2.10. The minimum Gasteiger partial charge on any atom is -0.388 e. The van der Waals surface area contributed by atoms with Crippen molar-refractivity contribution in [2.75, 3.05) is 11.9 Å². The Morgan fingerprint density at radius 3 is 2.53 bits per heavy atom. The second kappa shape index (κ2) is 5.48. The molecule has 1 atom stereocenters. The molecular weight excluding hydrogens is 192 g/mol. The Kier molecular flexibility index (Phi) is 4.27. The van der Waals surface area contributed by atoms with E-state index in [4.69, 9.17) is 5.73 Å². The molecule has 1 aromatic rings. The Morgan fingerprint density at radius 1 is 1.47 bits per heavy atom. The molecule has 4 nitrogen and oxygen atoms in total. The monoisotopic (exact) mass is 208 g/mol. The predicted octanol–water partition coefficient (Wildman–Crippen LogP) is 1.03. The lowest BCUT2D eigenvalue weighted by atomic mass is 10.1. The highest BCUT2D eigenvalue weighted by Gasteiger charge is 2.05. The van der Waals surface area contributed by atoms with Crippen LogP contribution in [-0.4, -0.2) is 17.6 Å². The van der Waals surface area contributed by atoms with Crippen molar-refractivity contribution in [3.05, 3.63) is 29.8 Å². The summed E-state index contributed by atoms with van der Waals surface area (Å²) in [4.78, 5) is 10.8. The second-order valence-corrected chi connectivity index (χ2v) is 3.40. The molecule has 0 spiro atoms. The van der Waals surface area contributed by atoms with E-state index in [1.54, 1.807) is 24.3 Å². The summed E-state index contributed by atoms with van der Waals surface area (Å²) >= 11 is 0. The van der Waals surface area contributed by atoms with E-state index < -0.39 is 6.10 Å². The largest absolute Gasteiger partial charge is 0.388 e. The fourth-order valence-corrected chi connectivity index (χ4v) is 1.32. The molecule has 1 aromatic carbocycles. The molecule has 0 radical (unpaired) electrons. The lowest BCUT2D eigenvalue weighted by Crippen LogP contribution is -2.08. The predicted molar refractivity (Wildman–Crippen MR) is 59.4 cm³/mol. The van der Waals surface area contributed by atoms with Crippen LogP contribution in [0.1, 0.15) is 25.0 Å². The zero-order valence-corrected chi connectivity index (χ0v) is 8.73. The average Bonchev–Trinajstić information content (AvgIpc) is 2.18. The van der Waals surface area contributed by atoms with E-state index >= 15 is 0 Å². The van der Waals surface area contributed by atoms with Crippen LogP contribution in [0.25, 0.3) is 0 Å². The third-order valence-corrected chi connectivity index (χ3v) is 2.06. The molecule has 0 aromatic heterocycles. The van der Waals surface area contributed by atoms with Gasteiger partial charge in [-0.15, -0.1) is 0 Å². The van der Waals surface area contributed by atoms with Gasteiger partial charge in [-0.25, -0.2) is 0 Å². The molecule has 0 bridgehead atoms. The molecule has 0 aliphatic rings. The fraction of sp³-hybridized carbons (Fsp3) is 0.364. The van der Waals surface area contributed by atoms with Crippen molar-refractivity contribution in [2.45, 2.75) is 19.4 Å². The summed E-state index contributed by atoms with van der Waals surface area (Å²) in [5.74, 6) is -0.106. The average molecular weight is 208 g/mol. The summed E-state index contributed by atoms with van der Waals surface area (Å²) in [5, 5.41) is 12.3. The van der Waals surface area contributed by atoms with Crippen LogP contribution in [0.5, 0.6) is 0 Å². The standard InChI is InChI=1S/C11H16N2O2/c1-8(14)13-10-4-2-9(3-5-10)11(15)6-7-12/h2-5,11,15H,6-7,12H2,1H3,(H,13,14). The third kappa shape index (κ3) is 3.69. The van der Waals surface area contributed by atoms with Crippen LogP contribution in [0.15, 0.2) is 24.3 Å². The Hall–Kier alpha value is -1.39. The number of aliphatic hydroxyl groups excluding tert-OH is 1. The number of hydrogen-bond donors (Lipinski definition) is 3. The molecule has 0 fully saturated rings. The zero-order valence-electron chi connectivity index (χ0n) is 8.73. The Morgan fingerprint density at radius 2 is 2.07 bits per heavy atom. The number of nitrogens with one attached hydrogen (secondary N) is 1. The molecule has 0 heterocycles. The first-order valence-electron chi connectivity index (χ1n) is 4.89. The van der Waals surface area contributed by atoms with E-state index in [2.05, 4.69) is 5.32 Å². The number of carbonyl (C=O) groups excluding carboxylic acids is 1. The first-order valence-corrected chi connectivity index (χ1v) is 4.89. The Labute approximate surface area is 89.1 Å². The number of anilines is 1. The van der Waals surface area contributed by atoms with Crippen molar-refractivity contribution in [3.8, 4) is 0 Å². The van der Waals surface area contributed by atoms with Crippen LogP contribution in [-0.2, 0) is 4.79 Å².